The van der Waals surface area contributed by atoms with Crippen LogP contribution in [-0.2, 0) is 0 Å². The van der Waals surface area contributed by atoms with E-state index in [0.29, 0.717) is 6.54 Å². The van der Waals surface area contributed by atoms with Gasteiger partial charge in [0.05, 0.1) is 6.04 Å². The van der Waals surface area contributed by atoms with Crippen molar-refractivity contribution in [2.45, 2.75) is 25.1 Å². The Hall–Kier alpha value is -1.49. The quantitative estimate of drug-likeness (QED) is 0.849. The number of carbonyl (C=O) groups excluding carboxylic acids is 1. The predicted octanol–water partition coefficient (Wildman–Crippen LogP) is 3.20. The molecule has 2 atom stereocenters. The summed E-state index contributed by atoms with van der Waals surface area (Å²) in [4.78, 5) is 13.9. The molecule has 0 spiro atoms. The Morgan fingerprint density at radius 2 is 2.47 bits per heavy atom. The van der Waals surface area contributed by atoms with Crippen molar-refractivity contribution in [3.63, 3.8) is 0 Å². The summed E-state index contributed by atoms with van der Waals surface area (Å²) in [5.74, 6) is 0.830. The zero-order valence-corrected chi connectivity index (χ0v) is 12.2. The SMILES string of the molecule is C=CCN1C(=O)NC2CC1(C)Oc1ccc(Br)cc12. The van der Waals surface area contributed by atoms with Crippen molar-refractivity contribution >= 4 is 22.0 Å². The number of benzene rings is 1. The van der Waals surface area contributed by atoms with Crippen molar-refractivity contribution in [2.24, 2.45) is 0 Å². The molecule has 1 N–H and O–H groups in total. The van der Waals surface area contributed by atoms with E-state index in [2.05, 4.69) is 27.8 Å². The molecule has 2 amide bonds. The molecule has 2 aliphatic rings. The topological polar surface area (TPSA) is 41.6 Å². The number of ether oxygens (including phenoxy) is 1. The van der Waals surface area contributed by atoms with E-state index in [0.717, 1.165) is 22.2 Å². The standard InChI is InChI=1S/C14H15BrN2O2/c1-3-6-17-13(18)16-11-8-14(17,2)19-12-5-4-9(15)7-10(11)12/h3-5,7,11H,1,6,8H2,2H3,(H,16,18). The summed E-state index contributed by atoms with van der Waals surface area (Å²) < 4.78 is 7.06. The highest BCUT2D eigenvalue weighted by molar-refractivity contribution is 9.10. The fourth-order valence-corrected chi connectivity index (χ4v) is 3.17. The molecular formula is C14H15BrN2O2. The van der Waals surface area contributed by atoms with Crippen molar-refractivity contribution in [1.29, 1.82) is 0 Å². The molecule has 3 rings (SSSR count). The van der Waals surface area contributed by atoms with Gasteiger partial charge in [0.25, 0.3) is 0 Å². The van der Waals surface area contributed by atoms with E-state index in [-0.39, 0.29) is 12.1 Å². The van der Waals surface area contributed by atoms with Crippen LogP contribution in [0.4, 0.5) is 4.79 Å². The molecule has 1 aromatic rings. The first kappa shape index (κ1) is 12.5. The lowest BCUT2D eigenvalue weighted by atomic mass is 9.90. The van der Waals surface area contributed by atoms with E-state index in [1.165, 1.54) is 0 Å². The third-order valence-electron chi connectivity index (χ3n) is 3.69. The number of carbonyl (C=O) groups is 1. The molecule has 2 aliphatic heterocycles. The summed E-state index contributed by atoms with van der Waals surface area (Å²) in [5.41, 5.74) is 0.417. The highest BCUT2D eigenvalue weighted by atomic mass is 79.9. The van der Waals surface area contributed by atoms with Gasteiger partial charge in [0.1, 0.15) is 5.75 Å². The molecule has 100 valence electrons. The Labute approximate surface area is 120 Å². The lowest BCUT2D eigenvalue weighted by Gasteiger charge is -2.50. The van der Waals surface area contributed by atoms with Crippen LogP contribution in [0.2, 0.25) is 0 Å². The van der Waals surface area contributed by atoms with E-state index in [9.17, 15) is 4.79 Å². The Morgan fingerprint density at radius 3 is 3.21 bits per heavy atom. The van der Waals surface area contributed by atoms with E-state index in [4.69, 9.17) is 4.74 Å². The summed E-state index contributed by atoms with van der Waals surface area (Å²) in [6.07, 6.45) is 2.45. The maximum Gasteiger partial charge on any atom is 0.321 e. The second-order valence-electron chi connectivity index (χ2n) is 5.06. The van der Waals surface area contributed by atoms with E-state index in [1.54, 1.807) is 11.0 Å². The average Bonchev–Trinajstić information content (AvgIpc) is 2.35. The highest BCUT2D eigenvalue weighted by Crippen LogP contribution is 2.44. The van der Waals surface area contributed by atoms with E-state index >= 15 is 0 Å². The number of fused-ring (bicyclic) bond motifs is 4. The zero-order chi connectivity index (χ0) is 13.6. The number of urea groups is 1. The van der Waals surface area contributed by atoms with Crippen molar-refractivity contribution in [1.82, 2.24) is 10.2 Å². The molecule has 0 aromatic heterocycles. The summed E-state index contributed by atoms with van der Waals surface area (Å²) in [6, 6.07) is 5.78. The number of hydrogen-bond acceptors (Lipinski definition) is 2. The van der Waals surface area contributed by atoms with Gasteiger partial charge in [-0.2, -0.15) is 0 Å². The monoisotopic (exact) mass is 322 g/mol. The van der Waals surface area contributed by atoms with Gasteiger partial charge in [-0.15, -0.1) is 6.58 Å². The van der Waals surface area contributed by atoms with Crippen molar-refractivity contribution in [2.75, 3.05) is 6.54 Å². The van der Waals surface area contributed by atoms with Crippen molar-refractivity contribution in [3.05, 3.63) is 40.9 Å². The summed E-state index contributed by atoms with van der Waals surface area (Å²) in [6.45, 7) is 6.12. The molecule has 2 bridgehead atoms. The highest BCUT2D eigenvalue weighted by Gasteiger charge is 2.48. The Morgan fingerprint density at radius 1 is 1.68 bits per heavy atom. The van der Waals surface area contributed by atoms with Crippen LogP contribution in [0.1, 0.15) is 24.9 Å². The number of hydrogen-bond donors (Lipinski definition) is 1. The minimum Gasteiger partial charge on any atom is -0.468 e. The molecule has 1 fully saturated rings. The van der Waals surface area contributed by atoms with Crippen molar-refractivity contribution < 1.29 is 9.53 Å². The van der Waals surface area contributed by atoms with Crippen LogP contribution < -0.4 is 10.1 Å². The van der Waals surface area contributed by atoms with Crippen molar-refractivity contribution in [3.8, 4) is 5.75 Å². The summed E-state index contributed by atoms with van der Waals surface area (Å²) >= 11 is 3.45. The largest absolute Gasteiger partial charge is 0.468 e. The van der Waals surface area contributed by atoms with Gasteiger partial charge in [0.2, 0.25) is 0 Å². The van der Waals surface area contributed by atoms with Gasteiger partial charge in [-0.05, 0) is 25.1 Å². The normalized spacial score (nSPS) is 28.2. The van der Waals surface area contributed by atoms with Gasteiger partial charge in [-0.1, -0.05) is 22.0 Å². The molecule has 1 aromatic carbocycles. The molecule has 19 heavy (non-hydrogen) atoms. The second-order valence-corrected chi connectivity index (χ2v) is 5.98. The molecule has 1 saturated heterocycles. The van der Waals surface area contributed by atoms with Crippen LogP contribution >= 0.6 is 15.9 Å². The van der Waals surface area contributed by atoms with E-state index < -0.39 is 5.72 Å². The minimum absolute atomic E-state index is 0.000171. The lowest BCUT2D eigenvalue weighted by Crippen LogP contribution is -2.64. The van der Waals surface area contributed by atoms with Gasteiger partial charge < -0.3 is 10.1 Å². The number of rotatable bonds is 2. The van der Waals surface area contributed by atoms with Gasteiger partial charge in [-0.25, -0.2) is 4.79 Å². The van der Waals surface area contributed by atoms with Crippen LogP contribution in [-0.4, -0.2) is 23.2 Å². The molecule has 0 aliphatic carbocycles. The van der Waals surface area contributed by atoms with Crippen LogP contribution in [0.25, 0.3) is 0 Å². The number of nitrogens with zero attached hydrogens (tertiary/aromatic N) is 1. The zero-order valence-electron chi connectivity index (χ0n) is 10.6. The Balaban J connectivity index is 2.05. The third kappa shape index (κ3) is 1.92. The number of nitrogens with one attached hydrogen (secondary N) is 1. The van der Waals surface area contributed by atoms with Crippen LogP contribution in [0.3, 0.4) is 0 Å². The van der Waals surface area contributed by atoms with Crippen LogP contribution in [0, 0.1) is 0 Å². The number of halogens is 1. The van der Waals surface area contributed by atoms with Gasteiger partial charge in [-0.3, -0.25) is 4.90 Å². The minimum atomic E-state index is -0.609. The molecular weight excluding hydrogens is 308 g/mol. The smallest absolute Gasteiger partial charge is 0.321 e. The third-order valence-corrected chi connectivity index (χ3v) is 4.18. The fraction of sp³-hybridized carbons (Fsp3) is 0.357. The maximum absolute atomic E-state index is 12.2. The van der Waals surface area contributed by atoms with Gasteiger partial charge in [0.15, 0.2) is 5.72 Å². The molecule has 0 saturated carbocycles. The Bertz CT molecular complexity index is 560. The van der Waals surface area contributed by atoms with Gasteiger partial charge in [0, 0.05) is 23.0 Å². The molecule has 5 heteroatoms. The van der Waals surface area contributed by atoms with E-state index in [1.807, 2.05) is 25.1 Å². The summed E-state index contributed by atoms with van der Waals surface area (Å²) in [7, 11) is 0. The molecule has 2 unspecified atom stereocenters. The lowest BCUT2D eigenvalue weighted by molar-refractivity contribution is -0.0788. The Kier molecular flexibility index (Phi) is 2.82. The van der Waals surface area contributed by atoms with Crippen LogP contribution in [0.5, 0.6) is 5.75 Å². The molecule has 2 heterocycles. The molecule has 0 radical (unpaired) electrons. The number of amides is 2. The average molecular weight is 323 g/mol. The first-order chi connectivity index (χ1) is 9.03. The first-order valence-electron chi connectivity index (χ1n) is 6.21. The maximum atomic E-state index is 12.2. The first-order valence-corrected chi connectivity index (χ1v) is 7.00. The molecule has 4 nitrogen and oxygen atoms in total. The second kappa shape index (κ2) is 4.27. The van der Waals surface area contributed by atoms with Crippen LogP contribution in [0.15, 0.2) is 35.3 Å². The van der Waals surface area contributed by atoms with Gasteiger partial charge >= 0.3 is 6.03 Å². The fourth-order valence-electron chi connectivity index (χ4n) is 2.79. The predicted molar refractivity (Wildman–Crippen MR) is 76.0 cm³/mol. The summed E-state index contributed by atoms with van der Waals surface area (Å²) in [5, 5.41) is 3.03.